The molecule has 1 N–H and O–H groups in total. The van der Waals surface area contributed by atoms with Crippen LogP contribution < -0.4 is 14.2 Å². The molecule has 0 amide bonds. The molecular weight excluding hydrogens is 276 g/mol. The monoisotopic (exact) mass is 294 g/mol. The zero-order valence-electron chi connectivity index (χ0n) is 11.8. The molecule has 1 aromatic heterocycles. The normalized spacial score (nSPS) is 12.0. The number of benzene rings is 1. The second kappa shape index (κ2) is 6.63. The fraction of sp³-hybridized carbons (Fsp3) is 0.333. The van der Waals surface area contributed by atoms with Gasteiger partial charge in [0, 0.05) is 23.4 Å². The fourth-order valence-electron chi connectivity index (χ4n) is 2.08. The number of aliphatic hydroxyl groups excluding tert-OH is 1. The maximum atomic E-state index is 10.5. The van der Waals surface area contributed by atoms with Gasteiger partial charge in [0.25, 0.3) is 0 Å². The van der Waals surface area contributed by atoms with Crippen LogP contribution in [0.15, 0.2) is 29.6 Å². The quantitative estimate of drug-likeness (QED) is 0.889. The van der Waals surface area contributed by atoms with Crippen LogP contribution in [-0.4, -0.2) is 26.4 Å². The molecule has 1 heterocycles. The summed E-state index contributed by atoms with van der Waals surface area (Å²) in [5.74, 6) is 1.75. The Morgan fingerprint density at radius 3 is 2.20 bits per heavy atom. The fourth-order valence-corrected chi connectivity index (χ4v) is 2.83. The van der Waals surface area contributed by atoms with Crippen molar-refractivity contribution in [3.8, 4) is 17.2 Å². The molecule has 0 bridgehead atoms. The van der Waals surface area contributed by atoms with E-state index in [0.717, 1.165) is 4.88 Å². The first-order chi connectivity index (χ1) is 9.69. The highest BCUT2D eigenvalue weighted by Crippen LogP contribution is 2.39. The van der Waals surface area contributed by atoms with Gasteiger partial charge in [-0.15, -0.1) is 11.3 Å². The number of hydrogen-bond donors (Lipinski definition) is 1. The highest BCUT2D eigenvalue weighted by molar-refractivity contribution is 7.09. The molecule has 1 aromatic carbocycles. The summed E-state index contributed by atoms with van der Waals surface area (Å²) >= 11 is 1.61. The molecule has 0 saturated carbocycles. The van der Waals surface area contributed by atoms with E-state index in [-0.39, 0.29) is 0 Å². The molecule has 1 unspecified atom stereocenters. The Bertz CT molecular complexity index is 526. The van der Waals surface area contributed by atoms with Crippen LogP contribution in [-0.2, 0) is 6.42 Å². The predicted molar refractivity (Wildman–Crippen MR) is 79.1 cm³/mol. The molecule has 108 valence electrons. The van der Waals surface area contributed by atoms with Crippen LogP contribution in [0.25, 0.3) is 0 Å². The van der Waals surface area contributed by atoms with Gasteiger partial charge < -0.3 is 19.3 Å². The van der Waals surface area contributed by atoms with Crippen LogP contribution in [0.2, 0.25) is 0 Å². The van der Waals surface area contributed by atoms with E-state index in [9.17, 15) is 5.11 Å². The lowest BCUT2D eigenvalue weighted by molar-refractivity contribution is 0.170. The Hall–Kier alpha value is -1.72. The van der Waals surface area contributed by atoms with E-state index in [1.54, 1.807) is 44.8 Å². The maximum Gasteiger partial charge on any atom is 0.132 e. The summed E-state index contributed by atoms with van der Waals surface area (Å²) in [6.45, 7) is 0. The zero-order chi connectivity index (χ0) is 14.5. The molecule has 2 aromatic rings. The second-order valence-corrected chi connectivity index (χ2v) is 5.28. The average molecular weight is 294 g/mol. The average Bonchev–Trinajstić information content (AvgIpc) is 2.98. The van der Waals surface area contributed by atoms with E-state index < -0.39 is 6.10 Å². The molecule has 4 nitrogen and oxygen atoms in total. The number of methoxy groups -OCH3 is 3. The van der Waals surface area contributed by atoms with E-state index in [0.29, 0.717) is 29.2 Å². The summed E-state index contributed by atoms with van der Waals surface area (Å²) in [4.78, 5) is 1.11. The number of hydrogen-bond acceptors (Lipinski definition) is 5. The van der Waals surface area contributed by atoms with Crippen molar-refractivity contribution in [2.75, 3.05) is 21.3 Å². The number of aliphatic hydroxyl groups is 1. The van der Waals surface area contributed by atoms with Gasteiger partial charge in [-0.2, -0.15) is 0 Å². The Kier molecular flexibility index (Phi) is 4.87. The van der Waals surface area contributed by atoms with Crippen LogP contribution >= 0.6 is 11.3 Å². The van der Waals surface area contributed by atoms with E-state index >= 15 is 0 Å². The summed E-state index contributed by atoms with van der Waals surface area (Å²) in [5.41, 5.74) is 0.643. The van der Waals surface area contributed by atoms with Crippen molar-refractivity contribution in [3.05, 3.63) is 40.1 Å². The van der Waals surface area contributed by atoms with Crippen molar-refractivity contribution in [2.24, 2.45) is 0 Å². The van der Waals surface area contributed by atoms with Crippen LogP contribution in [0, 0.1) is 0 Å². The van der Waals surface area contributed by atoms with Crippen molar-refractivity contribution in [1.82, 2.24) is 0 Å². The van der Waals surface area contributed by atoms with E-state index in [4.69, 9.17) is 14.2 Å². The predicted octanol–water partition coefficient (Wildman–Crippen LogP) is 3.05. The SMILES string of the molecule is COc1cc(OC)c(C(O)Cc2cccs2)c(OC)c1. The van der Waals surface area contributed by atoms with Crippen molar-refractivity contribution in [1.29, 1.82) is 0 Å². The van der Waals surface area contributed by atoms with Crippen molar-refractivity contribution < 1.29 is 19.3 Å². The largest absolute Gasteiger partial charge is 0.496 e. The van der Waals surface area contributed by atoms with E-state index in [1.165, 1.54) is 0 Å². The van der Waals surface area contributed by atoms with Crippen LogP contribution in [0.5, 0.6) is 17.2 Å². The number of thiophene rings is 1. The molecule has 0 radical (unpaired) electrons. The smallest absolute Gasteiger partial charge is 0.132 e. The minimum Gasteiger partial charge on any atom is -0.496 e. The molecule has 5 heteroatoms. The van der Waals surface area contributed by atoms with Gasteiger partial charge in [-0.25, -0.2) is 0 Å². The van der Waals surface area contributed by atoms with Gasteiger partial charge in [-0.3, -0.25) is 0 Å². The molecular formula is C15H18O4S. The molecule has 0 spiro atoms. The van der Waals surface area contributed by atoms with Gasteiger partial charge in [0.2, 0.25) is 0 Å². The standard InChI is InChI=1S/C15H18O4S/c1-17-10-7-13(18-2)15(14(8-10)19-3)12(16)9-11-5-4-6-20-11/h4-8,12,16H,9H2,1-3H3. The lowest BCUT2D eigenvalue weighted by Gasteiger charge is -2.19. The van der Waals surface area contributed by atoms with Gasteiger partial charge >= 0.3 is 0 Å². The highest BCUT2D eigenvalue weighted by Gasteiger charge is 2.21. The Labute approximate surface area is 122 Å². The van der Waals surface area contributed by atoms with Gasteiger partial charge in [-0.1, -0.05) is 6.07 Å². The molecule has 0 aliphatic rings. The first kappa shape index (κ1) is 14.7. The van der Waals surface area contributed by atoms with Gasteiger partial charge in [0.05, 0.1) is 33.0 Å². The van der Waals surface area contributed by atoms with Crippen LogP contribution in [0.1, 0.15) is 16.5 Å². The minimum absolute atomic E-state index is 0.525. The summed E-state index contributed by atoms with van der Waals surface area (Å²) in [7, 11) is 4.71. The van der Waals surface area contributed by atoms with Crippen LogP contribution in [0.3, 0.4) is 0 Å². The third-order valence-corrected chi connectivity index (χ3v) is 3.96. The third-order valence-electron chi connectivity index (χ3n) is 3.06. The number of rotatable bonds is 6. The molecule has 1 atom stereocenters. The third kappa shape index (κ3) is 3.05. The van der Waals surface area contributed by atoms with Gasteiger partial charge in [0.1, 0.15) is 17.2 Å². The molecule has 0 fully saturated rings. The number of ether oxygens (including phenoxy) is 3. The molecule has 0 aliphatic carbocycles. The molecule has 0 aliphatic heterocycles. The Balaban J connectivity index is 2.37. The summed E-state index contributed by atoms with van der Waals surface area (Å²) in [5, 5.41) is 12.5. The molecule has 0 saturated heterocycles. The van der Waals surface area contributed by atoms with Gasteiger partial charge in [-0.05, 0) is 11.4 Å². The van der Waals surface area contributed by atoms with Crippen molar-refractivity contribution in [2.45, 2.75) is 12.5 Å². The molecule has 20 heavy (non-hydrogen) atoms. The lowest BCUT2D eigenvalue weighted by atomic mass is 10.0. The summed E-state index contributed by atoms with van der Waals surface area (Å²) in [6, 6.07) is 7.45. The first-order valence-corrected chi connectivity index (χ1v) is 7.08. The Morgan fingerprint density at radius 1 is 1.10 bits per heavy atom. The van der Waals surface area contributed by atoms with Crippen molar-refractivity contribution in [3.63, 3.8) is 0 Å². The van der Waals surface area contributed by atoms with Crippen LogP contribution in [0.4, 0.5) is 0 Å². The Morgan fingerprint density at radius 2 is 1.75 bits per heavy atom. The summed E-state index contributed by atoms with van der Waals surface area (Å²) < 4.78 is 15.9. The zero-order valence-corrected chi connectivity index (χ0v) is 12.6. The van der Waals surface area contributed by atoms with E-state index in [2.05, 4.69) is 0 Å². The van der Waals surface area contributed by atoms with Crippen molar-refractivity contribution >= 4 is 11.3 Å². The van der Waals surface area contributed by atoms with E-state index in [1.807, 2.05) is 17.5 Å². The van der Waals surface area contributed by atoms with Gasteiger partial charge in [0.15, 0.2) is 0 Å². The topological polar surface area (TPSA) is 47.9 Å². The minimum atomic E-state index is -0.690. The highest BCUT2D eigenvalue weighted by atomic mass is 32.1. The summed E-state index contributed by atoms with van der Waals surface area (Å²) in [6.07, 6.45) is -0.166. The molecule has 2 rings (SSSR count). The lowest BCUT2D eigenvalue weighted by Crippen LogP contribution is -2.06. The first-order valence-electron chi connectivity index (χ1n) is 6.20. The maximum absolute atomic E-state index is 10.5. The second-order valence-electron chi connectivity index (χ2n) is 4.24.